The number of nitrogens with zero attached hydrogens (tertiary/aromatic N) is 3. The summed E-state index contributed by atoms with van der Waals surface area (Å²) in [4.78, 5) is 51.9. The van der Waals surface area contributed by atoms with Crippen molar-refractivity contribution in [1.29, 1.82) is 0 Å². The molecule has 2 aliphatic rings. The zero-order valence-electron chi connectivity index (χ0n) is 18.9. The molecule has 32 heavy (non-hydrogen) atoms. The topological polar surface area (TPSA) is 122 Å². The SMILES string of the molecule is C[C@@H](NC(=O)c1cccc([N+](=O)[O-])c1)C(=O)N1CC[C@]12CCCN(C(=O)OC(C)(C)C)C2. The van der Waals surface area contributed by atoms with E-state index in [1.807, 2.05) is 20.8 Å². The smallest absolute Gasteiger partial charge is 0.410 e. The van der Waals surface area contributed by atoms with E-state index < -0.39 is 28.0 Å². The molecule has 2 fully saturated rings. The van der Waals surface area contributed by atoms with E-state index in [0.29, 0.717) is 19.6 Å². The van der Waals surface area contributed by atoms with Crippen LogP contribution in [-0.2, 0) is 9.53 Å². The lowest BCUT2D eigenvalue weighted by atomic mass is 9.77. The van der Waals surface area contributed by atoms with Crippen LogP contribution in [0.5, 0.6) is 0 Å². The van der Waals surface area contributed by atoms with Crippen molar-refractivity contribution in [1.82, 2.24) is 15.1 Å². The van der Waals surface area contributed by atoms with Crippen LogP contribution in [0, 0.1) is 10.1 Å². The molecule has 2 heterocycles. The molecule has 0 saturated carbocycles. The lowest BCUT2D eigenvalue weighted by molar-refractivity contribution is -0.384. The number of nitro groups is 1. The molecule has 0 bridgehead atoms. The van der Waals surface area contributed by atoms with Crippen molar-refractivity contribution < 1.29 is 24.0 Å². The number of ether oxygens (including phenoxy) is 1. The maximum absolute atomic E-state index is 13.1. The molecule has 3 rings (SSSR count). The molecule has 1 aromatic carbocycles. The van der Waals surface area contributed by atoms with Crippen molar-refractivity contribution in [2.75, 3.05) is 19.6 Å². The molecule has 1 N–H and O–H groups in total. The zero-order chi connectivity index (χ0) is 23.7. The lowest BCUT2D eigenvalue weighted by Gasteiger charge is -2.57. The third-order valence-corrected chi connectivity index (χ3v) is 5.88. The lowest BCUT2D eigenvalue weighted by Crippen LogP contribution is -2.71. The molecule has 1 aromatic rings. The summed E-state index contributed by atoms with van der Waals surface area (Å²) in [6.07, 6.45) is 1.94. The summed E-state index contributed by atoms with van der Waals surface area (Å²) in [6.45, 7) is 8.58. The molecule has 3 amide bonds. The second kappa shape index (κ2) is 8.76. The second-order valence-corrected chi connectivity index (χ2v) is 9.47. The maximum atomic E-state index is 13.1. The number of likely N-dealkylation sites (tertiary alicyclic amines) is 2. The Hall–Kier alpha value is -3.17. The number of non-ortho nitro benzene ring substituents is 1. The number of carbonyl (C=O) groups is 3. The average molecular weight is 447 g/mol. The zero-order valence-corrected chi connectivity index (χ0v) is 18.9. The van der Waals surface area contributed by atoms with E-state index in [2.05, 4.69) is 5.32 Å². The van der Waals surface area contributed by atoms with Crippen molar-refractivity contribution in [3.05, 3.63) is 39.9 Å². The summed E-state index contributed by atoms with van der Waals surface area (Å²) in [5.74, 6) is -0.788. The van der Waals surface area contributed by atoms with E-state index in [1.165, 1.54) is 24.3 Å². The summed E-state index contributed by atoms with van der Waals surface area (Å²) in [7, 11) is 0. The van der Waals surface area contributed by atoms with Crippen LogP contribution in [0.25, 0.3) is 0 Å². The molecule has 174 valence electrons. The van der Waals surface area contributed by atoms with Crippen molar-refractivity contribution in [2.45, 2.75) is 64.1 Å². The highest BCUT2D eigenvalue weighted by Gasteiger charge is 2.51. The van der Waals surface area contributed by atoms with E-state index in [1.54, 1.807) is 16.7 Å². The van der Waals surface area contributed by atoms with E-state index in [9.17, 15) is 24.5 Å². The monoisotopic (exact) mass is 446 g/mol. The van der Waals surface area contributed by atoms with Crippen LogP contribution in [0.3, 0.4) is 0 Å². The number of nitro benzene ring substituents is 1. The van der Waals surface area contributed by atoms with E-state index in [4.69, 9.17) is 4.74 Å². The first-order valence-electron chi connectivity index (χ1n) is 10.8. The van der Waals surface area contributed by atoms with Gasteiger partial charge in [0.15, 0.2) is 0 Å². The third kappa shape index (κ3) is 5.00. The van der Waals surface area contributed by atoms with Gasteiger partial charge in [-0.05, 0) is 53.0 Å². The second-order valence-electron chi connectivity index (χ2n) is 9.47. The normalized spacial score (nSPS) is 21.5. The highest BCUT2D eigenvalue weighted by molar-refractivity contribution is 5.98. The van der Waals surface area contributed by atoms with Crippen molar-refractivity contribution in [3.8, 4) is 0 Å². The minimum Gasteiger partial charge on any atom is -0.444 e. The number of hydrogen-bond donors (Lipinski definition) is 1. The highest BCUT2D eigenvalue weighted by Crippen LogP contribution is 2.39. The predicted octanol–water partition coefficient (Wildman–Crippen LogP) is 2.72. The van der Waals surface area contributed by atoms with Gasteiger partial charge in [0.05, 0.1) is 10.5 Å². The maximum Gasteiger partial charge on any atom is 0.410 e. The Labute approximate surface area is 187 Å². The molecule has 2 atom stereocenters. The quantitative estimate of drug-likeness (QED) is 0.560. The fourth-order valence-corrected chi connectivity index (χ4v) is 4.24. The van der Waals surface area contributed by atoms with E-state index in [-0.39, 0.29) is 23.3 Å². The van der Waals surface area contributed by atoms with Gasteiger partial charge in [0.1, 0.15) is 11.6 Å². The van der Waals surface area contributed by atoms with Crippen molar-refractivity contribution in [3.63, 3.8) is 0 Å². The number of amides is 3. The summed E-state index contributed by atoms with van der Waals surface area (Å²) in [5, 5.41) is 13.6. The first kappa shape index (κ1) is 23.5. The van der Waals surface area contributed by atoms with Crippen LogP contribution >= 0.6 is 0 Å². The van der Waals surface area contributed by atoms with Gasteiger partial charge >= 0.3 is 6.09 Å². The summed E-state index contributed by atoms with van der Waals surface area (Å²) < 4.78 is 5.49. The van der Waals surface area contributed by atoms with Gasteiger partial charge in [-0.1, -0.05) is 6.07 Å². The molecule has 0 radical (unpaired) electrons. The van der Waals surface area contributed by atoms with Crippen LogP contribution in [0.1, 0.15) is 57.3 Å². The van der Waals surface area contributed by atoms with Gasteiger partial charge in [-0.2, -0.15) is 0 Å². The first-order valence-corrected chi connectivity index (χ1v) is 10.8. The van der Waals surface area contributed by atoms with Gasteiger partial charge < -0.3 is 19.9 Å². The molecular weight excluding hydrogens is 416 g/mol. The number of carbonyl (C=O) groups excluding carboxylic acids is 3. The number of hydrogen-bond acceptors (Lipinski definition) is 6. The Morgan fingerprint density at radius 2 is 1.94 bits per heavy atom. The van der Waals surface area contributed by atoms with Crippen LogP contribution in [0.2, 0.25) is 0 Å². The Balaban J connectivity index is 1.64. The highest BCUT2D eigenvalue weighted by atomic mass is 16.6. The number of benzene rings is 1. The van der Waals surface area contributed by atoms with Gasteiger partial charge in [-0.3, -0.25) is 19.7 Å². The van der Waals surface area contributed by atoms with Crippen LogP contribution < -0.4 is 5.32 Å². The summed E-state index contributed by atoms with van der Waals surface area (Å²) >= 11 is 0. The largest absolute Gasteiger partial charge is 0.444 e. The number of piperidine rings is 1. The first-order chi connectivity index (χ1) is 14.9. The average Bonchev–Trinajstić information content (AvgIpc) is 2.71. The number of nitrogens with one attached hydrogen (secondary N) is 1. The molecule has 10 nitrogen and oxygen atoms in total. The van der Waals surface area contributed by atoms with Gasteiger partial charge in [0.25, 0.3) is 11.6 Å². The Kier molecular flexibility index (Phi) is 6.43. The van der Waals surface area contributed by atoms with E-state index >= 15 is 0 Å². The van der Waals surface area contributed by atoms with Gasteiger partial charge in [-0.15, -0.1) is 0 Å². The summed E-state index contributed by atoms with van der Waals surface area (Å²) in [6, 6.07) is 4.56. The van der Waals surface area contributed by atoms with Gasteiger partial charge in [-0.25, -0.2) is 4.79 Å². The third-order valence-electron chi connectivity index (χ3n) is 5.88. The van der Waals surface area contributed by atoms with Crippen LogP contribution in [0.15, 0.2) is 24.3 Å². The molecular formula is C22H30N4O6. The summed E-state index contributed by atoms with van der Waals surface area (Å²) in [5.41, 5.74) is -1.12. The standard InChI is InChI=1S/C22H30N4O6/c1-15(23-18(27)16-7-5-8-17(13-16)26(30)31)19(28)25-12-10-22(25)9-6-11-24(14-22)20(29)32-21(2,3)4/h5,7-8,13,15H,6,9-12,14H2,1-4H3,(H,23,27)/t15-,22+/m1/s1. The van der Waals surface area contributed by atoms with Gasteiger partial charge in [0, 0.05) is 37.3 Å². The molecule has 1 spiro atoms. The predicted molar refractivity (Wildman–Crippen MR) is 116 cm³/mol. The van der Waals surface area contributed by atoms with Crippen LogP contribution in [-0.4, -0.2) is 69.4 Å². The molecule has 0 aromatic heterocycles. The Morgan fingerprint density at radius 3 is 2.53 bits per heavy atom. The fourth-order valence-electron chi connectivity index (χ4n) is 4.24. The Morgan fingerprint density at radius 1 is 1.22 bits per heavy atom. The number of rotatable bonds is 4. The van der Waals surface area contributed by atoms with Crippen molar-refractivity contribution >= 4 is 23.6 Å². The Bertz CT molecular complexity index is 927. The minimum atomic E-state index is -0.809. The van der Waals surface area contributed by atoms with Crippen molar-refractivity contribution in [2.24, 2.45) is 0 Å². The van der Waals surface area contributed by atoms with E-state index in [0.717, 1.165) is 19.3 Å². The fraction of sp³-hybridized carbons (Fsp3) is 0.591. The molecule has 0 unspecified atom stereocenters. The molecule has 2 saturated heterocycles. The minimum absolute atomic E-state index is 0.117. The molecule has 2 aliphatic heterocycles. The van der Waals surface area contributed by atoms with Gasteiger partial charge in [0.2, 0.25) is 5.91 Å². The van der Waals surface area contributed by atoms with Crippen LogP contribution in [0.4, 0.5) is 10.5 Å². The molecule has 10 heteroatoms. The molecule has 0 aliphatic carbocycles.